The van der Waals surface area contributed by atoms with Gasteiger partial charge in [-0.15, -0.1) is 11.6 Å². The zero-order chi connectivity index (χ0) is 20.4. The number of fused-ring (bicyclic) bond motifs is 1. The Morgan fingerprint density at radius 3 is 3.00 bits per heavy atom. The highest BCUT2D eigenvalue weighted by molar-refractivity contribution is 6.21. The first kappa shape index (κ1) is 20.5. The molecule has 1 amide bonds. The standard InChI is InChI=1S/C21H27ClN4O3/c22-20-18(23)16(6-9-26(20)11-14-7-10-29-12-17(14)27)25-21(28)15-5-1-3-13-4-2-8-24-19(13)15/h1-5,8,14,16-18,20,27H,6-7,9-12,23H2,(H,25,28). The maximum atomic E-state index is 12.9. The lowest BCUT2D eigenvalue weighted by molar-refractivity contribution is -0.0562. The van der Waals surface area contributed by atoms with Gasteiger partial charge in [-0.1, -0.05) is 18.2 Å². The molecule has 1 aromatic carbocycles. The fourth-order valence-corrected chi connectivity index (χ4v) is 4.58. The number of pyridine rings is 1. The van der Waals surface area contributed by atoms with Crippen molar-refractivity contribution in [1.29, 1.82) is 0 Å². The van der Waals surface area contributed by atoms with Gasteiger partial charge < -0.3 is 20.9 Å². The second-order valence-corrected chi connectivity index (χ2v) is 8.33. The summed E-state index contributed by atoms with van der Waals surface area (Å²) in [6.45, 7) is 2.42. The normalized spacial score (nSPS) is 30.9. The van der Waals surface area contributed by atoms with Crippen LogP contribution in [0.5, 0.6) is 0 Å². The molecular weight excluding hydrogens is 392 g/mol. The molecule has 156 valence electrons. The number of benzene rings is 1. The summed E-state index contributed by atoms with van der Waals surface area (Å²) in [5.41, 5.74) is 7.20. The number of halogens is 1. The summed E-state index contributed by atoms with van der Waals surface area (Å²) in [6.07, 6.45) is 2.72. The molecule has 4 rings (SSSR count). The summed E-state index contributed by atoms with van der Waals surface area (Å²) in [5, 5.41) is 14.1. The summed E-state index contributed by atoms with van der Waals surface area (Å²) in [4.78, 5) is 19.4. The highest BCUT2D eigenvalue weighted by atomic mass is 35.5. The minimum atomic E-state index is -0.472. The second kappa shape index (κ2) is 8.93. The summed E-state index contributed by atoms with van der Waals surface area (Å²) < 4.78 is 5.30. The monoisotopic (exact) mass is 418 g/mol. The van der Waals surface area contributed by atoms with E-state index in [-0.39, 0.29) is 17.9 Å². The van der Waals surface area contributed by atoms with Crippen LogP contribution in [0, 0.1) is 5.92 Å². The number of amides is 1. The predicted molar refractivity (Wildman–Crippen MR) is 112 cm³/mol. The third-order valence-electron chi connectivity index (χ3n) is 5.99. The SMILES string of the molecule is NC1C(NC(=O)c2cccc3cccnc23)CCN(CC2CCOCC2O)C1Cl. The molecule has 2 aliphatic heterocycles. The Hall–Kier alpha value is -1.77. The van der Waals surface area contributed by atoms with E-state index in [0.717, 1.165) is 11.8 Å². The number of aliphatic hydroxyl groups excluding tert-OH is 1. The van der Waals surface area contributed by atoms with Gasteiger partial charge >= 0.3 is 0 Å². The van der Waals surface area contributed by atoms with Gasteiger partial charge in [0.1, 0.15) is 5.50 Å². The summed E-state index contributed by atoms with van der Waals surface area (Å²) in [7, 11) is 0. The zero-order valence-corrected chi connectivity index (χ0v) is 17.0. The van der Waals surface area contributed by atoms with E-state index in [1.807, 2.05) is 24.3 Å². The molecular formula is C21H27ClN4O3. The number of likely N-dealkylation sites (tertiary alicyclic amines) is 1. The van der Waals surface area contributed by atoms with Crippen molar-refractivity contribution < 1.29 is 14.6 Å². The fraction of sp³-hybridized carbons (Fsp3) is 0.524. The number of aliphatic hydroxyl groups is 1. The van der Waals surface area contributed by atoms with Crippen LogP contribution in [0.3, 0.4) is 0 Å². The molecule has 0 radical (unpaired) electrons. The molecule has 0 saturated carbocycles. The number of carbonyl (C=O) groups is 1. The molecule has 5 atom stereocenters. The van der Waals surface area contributed by atoms with Crippen LogP contribution < -0.4 is 11.1 Å². The lowest BCUT2D eigenvalue weighted by Crippen LogP contribution is -2.62. The van der Waals surface area contributed by atoms with Crippen LogP contribution in [0.1, 0.15) is 23.2 Å². The molecule has 1 aromatic heterocycles. The summed E-state index contributed by atoms with van der Waals surface area (Å²) in [6, 6.07) is 8.71. The zero-order valence-electron chi connectivity index (χ0n) is 16.2. The van der Waals surface area contributed by atoms with Crippen LogP contribution in [0.15, 0.2) is 36.5 Å². The number of hydrogen-bond acceptors (Lipinski definition) is 6. The third-order valence-corrected chi connectivity index (χ3v) is 6.55. The van der Waals surface area contributed by atoms with Gasteiger partial charge in [0.15, 0.2) is 0 Å². The first-order chi connectivity index (χ1) is 14.0. The number of aromatic nitrogens is 1. The largest absolute Gasteiger partial charge is 0.390 e. The van der Waals surface area contributed by atoms with E-state index >= 15 is 0 Å². The van der Waals surface area contributed by atoms with Crippen LogP contribution in [0.25, 0.3) is 10.9 Å². The maximum absolute atomic E-state index is 12.9. The van der Waals surface area contributed by atoms with Crippen molar-refractivity contribution in [2.24, 2.45) is 11.7 Å². The maximum Gasteiger partial charge on any atom is 0.253 e. The van der Waals surface area contributed by atoms with E-state index in [2.05, 4.69) is 15.2 Å². The predicted octanol–water partition coefficient (Wildman–Crippen LogP) is 1.33. The Bertz CT molecular complexity index is 861. The average Bonchev–Trinajstić information content (AvgIpc) is 2.74. The van der Waals surface area contributed by atoms with Crippen LogP contribution in [-0.2, 0) is 4.74 Å². The summed E-state index contributed by atoms with van der Waals surface area (Å²) >= 11 is 6.64. The van der Waals surface area contributed by atoms with E-state index in [1.54, 1.807) is 12.3 Å². The van der Waals surface area contributed by atoms with E-state index < -0.39 is 17.6 Å². The van der Waals surface area contributed by atoms with Gasteiger partial charge in [0.2, 0.25) is 0 Å². The van der Waals surface area contributed by atoms with Crippen molar-refractivity contribution in [3.63, 3.8) is 0 Å². The van der Waals surface area contributed by atoms with Gasteiger partial charge in [0.05, 0.1) is 29.8 Å². The van der Waals surface area contributed by atoms with Gasteiger partial charge in [0, 0.05) is 43.2 Å². The first-order valence-electron chi connectivity index (χ1n) is 10.1. The van der Waals surface area contributed by atoms with Crippen molar-refractivity contribution in [2.45, 2.75) is 36.5 Å². The Morgan fingerprint density at radius 1 is 1.34 bits per heavy atom. The molecule has 2 aromatic rings. The van der Waals surface area contributed by atoms with E-state index in [0.29, 0.717) is 43.8 Å². The van der Waals surface area contributed by atoms with Crippen molar-refractivity contribution in [1.82, 2.24) is 15.2 Å². The van der Waals surface area contributed by atoms with Gasteiger partial charge in [-0.3, -0.25) is 14.7 Å². The van der Waals surface area contributed by atoms with E-state index in [1.165, 1.54) is 0 Å². The quantitative estimate of drug-likeness (QED) is 0.511. The number of piperidine rings is 1. The fourth-order valence-electron chi connectivity index (χ4n) is 4.23. The number of nitrogens with two attached hydrogens (primary N) is 1. The molecule has 29 heavy (non-hydrogen) atoms. The molecule has 5 unspecified atom stereocenters. The van der Waals surface area contributed by atoms with E-state index in [4.69, 9.17) is 22.1 Å². The minimum Gasteiger partial charge on any atom is -0.390 e. The van der Waals surface area contributed by atoms with Crippen LogP contribution in [-0.4, -0.2) is 70.9 Å². The highest BCUT2D eigenvalue weighted by Crippen LogP contribution is 2.25. The third kappa shape index (κ3) is 4.39. The number of rotatable bonds is 4. The molecule has 0 spiro atoms. The number of hydrogen-bond donors (Lipinski definition) is 3. The number of ether oxygens (including phenoxy) is 1. The minimum absolute atomic E-state index is 0.130. The molecule has 2 fully saturated rings. The second-order valence-electron chi connectivity index (χ2n) is 7.89. The van der Waals surface area contributed by atoms with Gasteiger partial charge in [0.25, 0.3) is 5.91 Å². The van der Waals surface area contributed by atoms with Gasteiger partial charge in [-0.05, 0) is 25.0 Å². The van der Waals surface area contributed by atoms with Crippen LogP contribution >= 0.6 is 11.6 Å². The Balaban J connectivity index is 1.41. The Labute approximate surface area is 175 Å². The molecule has 7 nitrogen and oxygen atoms in total. The Morgan fingerprint density at radius 2 is 2.17 bits per heavy atom. The first-order valence-corrected chi connectivity index (χ1v) is 10.5. The molecule has 8 heteroatoms. The molecule has 0 aliphatic carbocycles. The van der Waals surface area contributed by atoms with Crippen molar-refractivity contribution in [2.75, 3.05) is 26.3 Å². The number of nitrogens with zero attached hydrogens (tertiary/aromatic N) is 2. The smallest absolute Gasteiger partial charge is 0.253 e. The highest BCUT2D eigenvalue weighted by Gasteiger charge is 2.37. The number of alkyl halides is 1. The summed E-state index contributed by atoms with van der Waals surface area (Å²) in [5.74, 6) is -0.0583. The molecule has 2 aliphatic rings. The van der Waals surface area contributed by atoms with Crippen molar-refractivity contribution in [3.05, 3.63) is 42.1 Å². The van der Waals surface area contributed by atoms with Crippen molar-refractivity contribution in [3.8, 4) is 0 Å². The van der Waals surface area contributed by atoms with Crippen LogP contribution in [0.2, 0.25) is 0 Å². The van der Waals surface area contributed by atoms with Crippen molar-refractivity contribution >= 4 is 28.4 Å². The van der Waals surface area contributed by atoms with Crippen LogP contribution in [0.4, 0.5) is 0 Å². The molecule has 3 heterocycles. The van der Waals surface area contributed by atoms with Gasteiger partial charge in [-0.25, -0.2) is 0 Å². The number of nitrogens with one attached hydrogen (secondary N) is 1. The topological polar surface area (TPSA) is 101 Å². The number of carbonyl (C=O) groups excluding carboxylic acids is 1. The molecule has 2 saturated heterocycles. The van der Waals surface area contributed by atoms with Gasteiger partial charge in [-0.2, -0.15) is 0 Å². The lowest BCUT2D eigenvalue weighted by Gasteiger charge is -2.43. The molecule has 4 N–H and O–H groups in total. The van der Waals surface area contributed by atoms with E-state index in [9.17, 15) is 9.90 Å². The lowest BCUT2D eigenvalue weighted by atomic mass is 9.93. The molecule has 0 bridgehead atoms. The number of para-hydroxylation sites is 1. The Kier molecular flexibility index (Phi) is 6.32. The average molecular weight is 419 g/mol.